The maximum atomic E-state index is 3.95. The molecule has 9 heavy (non-hydrogen) atoms. The van der Waals surface area contributed by atoms with E-state index in [-0.39, 0.29) is 0 Å². The van der Waals surface area contributed by atoms with Crippen LogP contribution in [0.25, 0.3) is 6.08 Å². The van der Waals surface area contributed by atoms with E-state index in [2.05, 4.69) is 27.6 Å². The fourth-order valence-electron chi connectivity index (χ4n) is 0.547. The van der Waals surface area contributed by atoms with Crippen molar-refractivity contribution < 1.29 is 0 Å². The van der Waals surface area contributed by atoms with Crippen LogP contribution in [0.3, 0.4) is 0 Å². The van der Waals surface area contributed by atoms with E-state index < -0.39 is 0 Å². The van der Waals surface area contributed by atoms with Gasteiger partial charge in [0, 0.05) is 12.4 Å². The molecule has 0 N–H and O–H groups in total. The minimum Gasteiger partial charge on any atom is -0.264 e. The first-order valence-electron chi connectivity index (χ1n) is 2.60. The van der Waals surface area contributed by atoms with Crippen molar-refractivity contribution in [1.29, 1.82) is 0 Å². The summed E-state index contributed by atoms with van der Waals surface area (Å²) in [5.74, 6) is 0. The van der Waals surface area contributed by atoms with Crippen LogP contribution < -0.4 is 0 Å². The molecule has 0 aliphatic heterocycles. The van der Waals surface area contributed by atoms with Crippen molar-refractivity contribution in [2.45, 2.75) is 0 Å². The van der Waals surface area contributed by atoms with Gasteiger partial charge in [0.2, 0.25) is 0 Å². The Morgan fingerprint density at radius 3 is 3.00 bits per heavy atom. The van der Waals surface area contributed by atoms with Gasteiger partial charge in [-0.3, -0.25) is 4.98 Å². The van der Waals surface area contributed by atoms with Crippen molar-refractivity contribution in [3.8, 4) is 0 Å². The Morgan fingerprint density at radius 1 is 1.56 bits per heavy atom. The first-order chi connectivity index (χ1) is 4.43. The molecule has 1 heterocycles. The zero-order valence-electron chi connectivity index (χ0n) is 4.79. The van der Waals surface area contributed by atoms with Gasteiger partial charge in [0.15, 0.2) is 0 Å². The van der Waals surface area contributed by atoms with Crippen molar-refractivity contribution >= 4 is 28.7 Å². The Labute approximate surface area is 68.0 Å². The number of nitrogens with zero attached hydrogens (tertiary/aromatic N) is 1. The van der Waals surface area contributed by atoms with E-state index in [1.165, 1.54) is 0 Å². The predicted octanol–water partition coefficient (Wildman–Crippen LogP) is 2.49. The SMILES string of the molecule is I/C=C/c1cccnc1. The first kappa shape index (κ1) is 6.74. The van der Waals surface area contributed by atoms with Gasteiger partial charge in [-0.05, 0) is 21.8 Å². The summed E-state index contributed by atoms with van der Waals surface area (Å²) in [6.45, 7) is 0. The minimum absolute atomic E-state index is 1.15. The summed E-state index contributed by atoms with van der Waals surface area (Å²) in [7, 11) is 0. The molecule has 0 fully saturated rings. The molecule has 2 heteroatoms. The largest absolute Gasteiger partial charge is 0.264 e. The van der Waals surface area contributed by atoms with Crippen LogP contribution in [-0.2, 0) is 0 Å². The number of rotatable bonds is 1. The molecular formula is C7H6IN. The van der Waals surface area contributed by atoms with Gasteiger partial charge in [-0.2, -0.15) is 0 Å². The summed E-state index contributed by atoms with van der Waals surface area (Å²) in [5, 5.41) is 0. The highest BCUT2D eigenvalue weighted by Gasteiger charge is 1.79. The molecule has 0 bridgehead atoms. The lowest BCUT2D eigenvalue weighted by Crippen LogP contribution is -1.70. The molecule has 0 spiro atoms. The van der Waals surface area contributed by atoms with E-state index in [0.29, 0.717) is 0 Å². The Hall–Kier alpha value is -0.380. The van der Waals surface area contributed by atoms with Gasteiger partial charge >= 0.3 is 0 Å². The van der Waals surface area contributed by atoms with Crippen LogP contribution in [0.1, 0.15) is 5.56 Å². The smallest absolute Gasteiger partial charge is 0.0340 e. The fraction of sp³-hybridized carbons (Fsp3) is 0. The lowest BCUT2D eigenvalue weighted by molar-refractivity contribution is 1.32. The molecule has 1 rings (SSSR count). The second-order valence-corrected chi connectivity index (χ2v) is 2.30. The van der Waals surface area contributed by atoms with Crippen LogP contribution in [0, 0.1) is 0 Å². The summed E-state index contributed by atoms with van der Waals surface area (Å²) < 4.78 is 1.97. The zero-order valence-corrected chi connectivity index (χ0v) is 6.95. The van der Waals surface area contributed by atoms with Crippen LogP contribution in [0.5, 0.6) is 0 Å². The Bertz CT molecular complexity index is 193. The molecule has 46 valence electrons. The van der Waals surface area contributed by atoms with Crippen LogP contribution in [0.4, 0.5) is 0 Å². The normalized spacial score (nSPS) is 10.3. The van der Waals surface area contributed by atoms with Gasteiger partial charge in [-0.25, -0.2) is 0 Å². The summed E-state index contributed by atoms with van der Waals surface area (Å²) in [6, 6.07) is 3.94. The highest BCUT2D eigenvalue weighted by Crippen LogP contribution is 1.99. The van der Waals surface area contributed by atoms with Crippen molar-refractivity contribution in [3.05, 3.63) is 34.2 Å². The molecule has 0 unspecified atom stereocenters. The summed E-state index contributed by atoms with van der Waals surface area (Å²) in [4.78, 5) is 3.95. The second-order valence-electron chi connectivity index (χ2n) is 1.58. The van der Waals surface area contributed by atoms with Crippen LogP contribution in [-0.4, -0.2) is 4.98 Å². The number of pyridine rings is 1. The van der Waals surface area contributed by atoms with Crippen molar-refractivity contribution in [3.63, 3.8) is 0 Å². The van der Waals surface area contributed by atoms with Gasteiger partial charge in [-0.1, -0.05) is 28.7 Å². The summed E-state index contributed by atoms with van der Waals surface area (Å²) in [6.07, 6.45) is 5.60. The van der Waals surface area contributed by atoms with Crippen molar-refractivity contribution in [2.75, 3.05) is 0 Å². The van der Waals surface area contributed by atoms with E-state index in [1.807, 2.05) is 28.5 Å². The van der Waals surface area contributed by atoms with Gasteiger partial charge in [-0.15, -0.1) is 0 Å². The summed E-state index contributed by atoms with van der Waals surface area (Å²) >= 11 is 2.18. The van der Waals surface area contributed by atoms with E-state index in [0.717, 1.165) is 5.56 Å². The average Bonchev–Trinajstić information content (AvgIpc) is 1.91. The average molecular weight is 231 g/mol. The molecule has 0 saturated heterocycles. The topological polar surface area (TPSA) is 12.9 Å². The van der Waals surface area contributed by atoms with Crippen LogP contribution in [0.15, 0.2) is 28.6 Å². The fourth-order valence-corrected chi connectivity index (χ4v) is 0.963. The molecule has 1 aromatic heterocycles. The molecule has 1 nitrogen and oxygen atoms in total. The standard InChI is InChI=1S/C7H6IN/c8-4-3-7-2-1-5-9-6-7/h1-6H/b4-3+. The van der Waals surface area contributed by atoms with E-state index in [4.69, 9.17) is 0 Å². The highest BCUT2D eigenvalue weighted by molar-refractivity contribution is 14.1. The number of halogens is 1. The zero-order chi connectivity index (χ0) is 6.53. The molecule has 1 aromatic rings. The maximum Gasteiger partial charge on any atom is 0.0340 e. The van der Waals surface area contributed by atoms with E-state index >= 15 is 0 Å². The highest BCUT2D eigenvalue weighted by atomic mass is 127. The molecular weight excluding hydrogens is 225 g/mol. The molecule has 0 saturated carbocycles. The number of hydrogen-bond acceptors (Lipinski definition) is 1. The lowest BCUT2D eigenvalue weighted by atomic mass is 10.3. The van der Waals surface area contributed by atoms with Crippen LogP contribution >= 0.6 is 22.6 Å². The molecule has 0 radical (unpaired) electrons. The van der Waals surface area contributed by atoms with Gasteiger partial charge in [0.05, 0.1) is 0 Å². The third-order valence-electron chi connectivity index (χ3n) is 0.940. The maximum absolute atomic E-state index is 3.95. The third-order valence-corrected chi connectivity index (χ3v) is 1.30. The van der Waals surface area contributed by atoms with E-state index in [9.17, 15) is 0 Å². The van der Waals surface area contributed by atoms with Gasteiger partial charge in [0.25, 0.3) is 0 Å². The second kappa shape index (κ2) is 3.61. The Kier molecular flexibility index (Phi) is 2.70. The molecule has 0 aliphatic carbocycles. The number of hydrogen-bond donors (Lipinski definition) is 0. The third kappa shape index (κ3) is 2.13. The van der Waals surface area contributed by atoms with Gasteiger partial charge < -0.3 is 0 Å². The molecule has 0 aromatic carbocycles. The predicted molar refractivity (Wildman–Crippen MR) is 47.3 cm³/mol. The van der Waals surface area contributed by atoms with Crippen LogP contribution in [0.2, 0.25) is 0 Å². The Morgan fingerprint density at radius 2 is 2.44 bits per heavy atom. The minimum atomic E-state index is 1.15. The van der Waals surface area contributed by atoms with Gasteiger partial charge in [0.1, 0.15) is 0 Å². The van der Waals surface area contributed by atoms with E-state index in [1.54, 1.807) is 6.20 Å². The quantitative estimate of drug-likeness (QED) is 0.676. The first-order valence-corrected chi connectivity index (χ1v) is 3.85. The van der Waals surface area contributed by atoms with Crippen molar-refractivity contribution in [2.24, 2.45) is 0 Å². The Balaban J connectivity index is 2.85. The lowest BCUT2D eigenvalue weighted by Gasteiger charge is -1.85. The molecule has 0 amide bonds. The van der Waals surface area contributed by atoms with Crippen molar-refractivity contribution in [1.82, 2.24) is 4.98 Å². The number of aromatic nitrogens is 1. The molecule has 0 aliphatic rings. The molecule has 0 atom stereocenters. The summed E-state index contributed by atoms with van der Waals surface area (Å²) in [5.41, 5.74) is 1.15. The monoisotopic (exact) mass is 231 g/mol.